The van der Waals surface area contributed by atoms with Crippen LogP contribution in [0.5, 0.6) is 0 Å². The standard InChI is InChI=1S/C23H30ClN3O4S/c1-5-20(23(29)25-6-2)26(15-18-10-8-7-9-11-18)22(28)16-27(32(4,30)31)21-14-19(24)13-12-17(21)3/h7-14,20H,5-6,15-16H2,1-4H3,(H,25,29)/t20-/m0/s1. The lowest BCUT2D eigenvalue weighted by molar-refractivity contribution is -0.140. The van der Waals surface area contributed by atoms with Gasteiger partial charge in [-0.2, -0.15) is 0 Å². The maximum absolute atomic E-state index is 13.5. The minimum Gasteiger partial charge on any atom is -0.355 e. The van der Waals surface area contributed by atoms with E-state index in [1.165, 1.54) is 11.0 Å². The normalized spacial score (nSPS) is 12.2. The maximum atomic E-state index is 13.5. The zero-order chi connectivity index (χ0) is 23.9. The van der Waals surface area contributed by atoms with Crippen LogP contribution in [0.1, 0.15) is 31.4 Å². The van der Waals surface area contributed by atoms with Crippen LogP contribution in [0.4, 0.5) is 5.69 Å². The fourth-order valence-electron chi connectivity index (χ4n) is 3.44. The van der Waals surface area contributed by atoms with Crippen LogP contribution in [-0.2, 0) is 26.2 Å². The van der Waals surface area contributed by atoms with Gasteiger partial charge in [0.15, 0.2) is 0 Å². The summed E-state index contributed by atoms with van der Waals surface area (Å²) in [5.41, 5.74) is 1.84. The highest BCUT2D eigenvalue weighted by atomic mass is 35.5. The van der Waals surface area contributed by atoms with E-state index in [9.17, 15) is 18.0 Å². The molecule has 1 N–H and O–H groups in total. The second kappa shape index (κ2) is 11.3. The number of hydrogen-bond donors (Lipinski definition) is 1. The third-order valence-electron chi connectivity index (χ3n) is 5.05. The summed E-state index contributed by atoms with van der Waals surface area (Å²) in [4.78, 5) is 27.6. The third-order valence-corrected chi connectivity index (χ3v) is 6.41. The van der Waals surface area contributed by atoms with Gasteiger partial charge in [0.2, 0.25) is 21.8 Å². The molecule has 2 rings (SSSR count). The van der Waals surface area contributed by atoms with Crippen molar-refractivity contribution in [1.82, 2.24) is 10.2 Å². The first-order valence-electron chi connectivity index (χ1n) is 10.4. The summed E-state index contributed by atoms with van der Waals surface area (Å²) in [5, 5.41) is 3.13. The lowest BCUT2D eigenvalue weighted by Gasteiger charge is -2.33. The van der Waals surface area contributed by atoms with Crippen LogP contribution in [0.15, 0.2) is 48.5 Å². The van der Waals surface area contributed by atoms with Crippen LogP contribution in [-0.4, -0.2) is 50.5 Å². The first kappa shape index (κ1) is 25.7. The molecule has 0 heterocycles. The quantitative estimate of drug-likeness (QED) is 0.566. The van der Waals surface area contributed by atoms with Crippen molar-refractivity contribution in [2.45, 2.75) is 39.8 Å². The summed E-state index contributed by atoms with van der Waals surface area (Å²) in [6.45, 7) is 5.55. The highest BCUT2D eigenvalue weighted by Crippen LogP contribution is 2.27. The molecule has 0 radical (unpaired) electrons. The number of aryl methyl sites for hydroxylation is 1. The summed E-state index contributed by atoms with van der Waals surface area (Å²) in [5.74, 6) is -0.749. The molecule has 0 aliphatic heterocycles. The van der Waals surface area contributed by atoms with Gasteiger partial charge in [-0.1, -0.05) is 54.9 Å². The van der Waals surface area contributed by atoms with Gasteiger partial charge in [-0.25, -0.2) is 8.42 Å². The summed E-state index contributed by atoms with van der Waals surface area (Å²) in [7, 11) is -3.79. The number of anilines is 1. The molecule has 0 aliphatic rings. The summed E-state index contributed by atoms with van der Waals surface area (Å²) in [6, 6.07) is 13.4. The number of carbonyl (C=O) groups excluding carboxylic acids is 2. The van der Waals surface area contributed by atoms with Crippen LogP contribution in [0, 0.1) is 6.92 Å². The van der Waals surface area contributed by atoms with Gasteiger partial charge in [0.05, 0.1) is 11.9 Å². The Kier molecular flexibility index (Phi) is 9.09. The number of rotatable bonds is 10. The molecule has 32 heavy (non-hydrogen) atoms. The molecule has 174 valence electrons. The second-order valence-corrected chi connectivity index (χ2v) is 9.87. The number of hydrogen-bond acceptors (Lipinski definition) is 4. The molecule has 2 aromatic rings. The Morgan fingerprint density at radius 2 is 1.75 bits per heavy atom. The van der Waals surface area contributed by atoms with Crippen molar-refractivity contribution in [1.29, 1.82) is 0 Å². The molecule has 0 aromatic heterocycles. The van der Waals surface area contributed by atoms with Gasteiger partial charge in [0.25, 0.3) is 0 Å². The van der Waals surface area contributed by atoms with E-state index < -0.39 is 28.5 Å². The lowest BCUT2D eigenvalue weighted by Crippen LogP contribution is -2.52. The van der Waals surface area contributed by atoms with Crippen LogP contribution in [0.2, 0.25) is 5.02 Å². The zero-order valence-corrected chi connectivity index (χ0v) is 20.4. The van der Waals surface area contributed by atoms with Gasteiger partial charge in [0, 0.05) is 18.1 Å². The van der Waals surface area contributed by atoms with E-state index in [0.717, 1.165) is 16.1 Å². The lowest BCUT2D eigenvalue weighted by atomic mass is 10.1. The van der Waals surface area contributed by atoms with Crippen molar-refractivity contribution in [2.24, 2.45) is 0 Å². The van der Waals surface area contributed by atoms with E-state index in [4.69, 9.17) is 11.6 Å². The Morgan fingerprint density at radius 1 is 1.09 bits per heavy atom. The van der Waals surface area contributed by atoms with Crippen LogP contribution < -0.4 is 9.62 Å². The molecule has 1 atom stereocenters. The Labute approximate surface area is 195 Å². The number of amides is 2. The van der Waals surface area contributed by atoms with Gasteiger partial charge in [0.1, 0.15) is 12.6 Å². The highest BCUT2D eigenvalue weighted by Gasteiger charge is 2.31. The van der Waals surface area contributed by atoms with E-state index in [1.54, 1.807) is 26.0 Å². The smallest absolute Gasteiger partial charge is 0.244 e. The first-order valence-corrected chi connectivity index (χ1v) is 12.7. The number of halogens is 1. The molecule has 0 bridgehead atoms. The molecule has 0 unspecified atom stereocenters. The summed E-state index contributed by atoms with van der Waals surface area (Å²) >= 11 is 6.10. The monoisotopic (exact) mass is 479 g/mol. The first-order chi connectivity index (χ1) is 15.1. The van der Waals surface area contributed by atoms with E-state index in [-0.39, 0.29) is 12.5 Å². The van der Waals surface area contributed by atoms with Crippen molar-refractivity contribution >= 4 is 39.1 Å². The molecule has 2 aromatic carbocycles. The van der Waals surface area contributed by atoms with Crippen molar-refractivity contribution in [3.8, 4) is 0 Å². The Balaban J connectivity index is 2.45. The maximum Gasteiger partial charge on any atom is 0.244 e. The van der Waals surface area contributed by atoms with Crippen molar-refractivity contribution < 1.29 is 18.0 Å². The fraction of sp³-hybridized carbons (Fsp3) is 0.391. The molecule has 7 nitrogen and oxygen atoms in total. The molecule has 2 amide bonds. The summed E-state index contributed by atoms with van der Waals surface area (Å²) in [6.07, 6.45) is 1.43. The number of sulfonamides is 1. The topological polar surface area (TPSA) is 86.8 Å². The molecule has 9 heteroatoms. The molecule has 0 saturated carbocycles. The largest absolute Gasteiger partial charge is 0.355 e. The van der Waals surface area contributed by atoms with E-state index in [2.05, 4.69) is 5.32 Å². The van der Waals surface area contributed by atoms with Gasteiger partial charge < -0.3 is 10.2 Å². The van der Waals surface area contributed by atoms with Crippen LogP contribution >= 0.6 is 11.6 Å². The van der Waals surface area contributed by atoms with Crippen molar-refractivity contribution in [3.63, 3.8) is 0 Å². The predicted molar refractivity (Wildman–Crippen MR) is 128 cm³/mol. The highest BCUT2D eigenvalue weighted by molar-refractivity contribution is 7.92. The average molecular weight is 480 g/mol. The Bertz CT molecular complexity index is 1040. The number of likely N-dealkylation sites (N-methyl/N-ethyl adjacent to an activating group) is 1. The average Bonchev–Trinajstić information content (AvgIpc) is 2.73. The second-order valence-electron chi connectivity index (χ2n) is 7.53. The molecule has 0 aliphatic carbocycles. The molecule has 0 spiro atoms. The van der Waals surface area contributed by atoms with Crippen LogP contribution in [0.3, 0.4) is 0 Å². The number of carbonyl (C=O) groups is 2. The number of nitrogens with one attached hydrogen (secondary N) is 1. The van der Waals surface area contributed by atoms with Crippen molar-refractivity contribution in [2.75, 3.05) is 23.7 Å². The van der Waals surface area contributed by atoms with E-state index in [1.807, 2.05) is 37.3 Å². The predicted octanol–water partition coefficient (Wildman–Crippen LogP) is 3.36. The molecule has 0 fully saturated rings. The molecular formula is C23H30ClN3O4S. The minimum absolute atomic E-state index is 0.182. The van der Waals surface area contributed by atoms with Gasteiger partial charge in [-0.3, -0.25) is 13.9 Å². The van der Waals surface area contributed by atoms with E-state index >= 15 is 0 Å². The number of benzene rings is 2. The van der Waals surface area contributed by atoms with Gasteiger partial charge in [-0.05, 0) is 43.5 Å². The Hall–Kier alpha value is -2.58. The fourth-order valence-corrected chi connectivity index (χ4v) is 4.50. The minimum atomic E-state index is -3.79. The van der Waals surface area contributed by atoms with Gasteiger partial charge in [-0.15, -0.1) is 0 Å². The number of nitrogens with zero attached hydrogens (tertiary/aromatic N) is 2. The zero-order valence-electron chi connectivity index (χ0n) is 18.8. The molecular weight excluding hydrogens is 450 g/mol. The van der Waals surface area contributed by atoms with Crippen molar-refractivity contribution in [3.05, 3.63) is 64.7 Å². The summed E-state index contributed by atoms with van der Waals surface area (Å²) < 4.78 is 26.3. The van der Waals surface area contributed by atoms with Crippen LogP contribution in [0.25, 0.3) is 0 Å². The molecule has 0 saturated heterocycles. The Morgan fingerprint density at radius 3 is 2.31 bits per heavy atom. The third kappa shape index (κ3) is 6.71. The van der Waals surface area contributed by atoms with E-state index in [0.29, 0.717) is 29.2 Å². The van der Waals surface area contributed by atoms with Gasteiger partial charge >= 0.3 is 0 Å². The SMILES string of the molecule is CCNC(=O)[C@H](CC)N(Cc1ccccc1)C(=O)CN(c1cc(Cl)ccc1C)S(C)(=O)=O.